The van der Waals surface area contributed by atoms with Crippen LogP contribution >= 0.6 is 15.9 Å². The van der Waals surface area contributed by atoms with E-state index >= 15 is 0 Å². The van der Waals surface area contributed by atoms with Crippen molar-refractivity contribution in [2.75, 3.05) is 18.1 Å². The summed E-state index contributed by atoms with van der Waals surface area (Å²) in [7, 11) is 0. The highest BCUT2D eigenvalue weighted by Gasteiger charge is 2.64. The summed E-state index contributed by atoms with van der Waals surface area (Å²) in [6.07, 6.45) is 5.70. The van der Waals surface area contributed by atoms with Crippen LogP contribution in [-0.4, -0.2) is 53.8 Å². The quantitative estimate of drug-likeness (QED) is 0.612. The molecule has 31 heavy (non-hydrogen) atoms. The Bertz CT molecular complexity index is 992. The largest absolute Gasteiger partial charge is 0.376 e. The van der Waals surface area contributed by atoms with Gasteiger partial charge in [-0.2, -0.15) is 0 Å². The normalized spacial score (nSPS) is 31.8. The maximum absolute atomic E-state index is 13.7. The Hall–Kier alpha value is -1.99. The summed E-state index contributed by atoms with van der Waals surface area (Å²) in [6, 6.07) is 4.95. The second-order valence-corrected chi connectivity index (χ2v) is 10.9. The van der Waals surface area contributed by atoms with Crippen molar-refractivity contribution >= 4 is 45.3 Å². The van der Waals surface area contributed by atoms with E-state index in [0.29, 0.717) is 13.2 Å². The summed E-state index contributed by atoms with van der Waals surface area (Å²) >= 11 is 3.51. The molecule has 0 aromatic heterocycles. The molecule has 0 N–H and O–H groups in total. The summed E-state index contributed by atoms with van der Waals surface area (Å²) in [5.74, 6) is -1.61. The molecule has 4 heterocycles. The maximum Gasteiger partial charge on any atom is 0.235 e. The molecule has 3 fully saturated rings. The number of benzene rings is 1. The van der Waals surface area contributed by atoms with Gasteiger partial charge in [0.1, 0.15) is 6.04 Å². The molecule has 5 rings (SSSR count). The van der Waals surface area contributed by atoms with E-state index in [0.717, 1.165) is 28.6 Å². The van der Waals surface area contributed by atoms with Crippen LogP contribution in [0.5, 0.6) is 0 Å². The topological polar surface area (TPSA) is 66.9 Å². The average molecular weight is 487 g/mol. The molecule has 0 unspecified atom stereocenters. The van der Waals surface area contributed by atoms with E-state index in [4.69, 9.17) is 4.74 Å². The van der Waals surface area contributed by atoms with Crippen LogP contribution < -0.4 is 4.90 Å². The van der Waals surface area contributed by atoms with Gasteiger partial charge in [0.25, 0.3) is 0 Å². The number of anilines is 1. The highest BCUT2D eigenvalue weighted by atomic mass is 79.9. The molecule has 0 aliphatic carbocycles. The number of amides is 2. The second kappa shape index (κ2) is 7.27. The van der Waals surface area contributed by atoms with Gasteiger partial charge in [-0.05, 0) is 36.6 Å². The molecule has 0 radical (unpaired) electrons. The van der Waals surface area contributed by atoms with E-state index in [1.165, 1.54) is 4.90 Å². The zero-order valence-electron chi connectivity index (χ0n) is 18.0. The van der Waals surface area contributed by atoms with E-state index < -0.39 is 23.3 Å². The van der Waals surface area contributed by atoms with Crippen molar-refractivity contribution in [2.45, 2.75) is 51.8 Å². The van der Waals surface area contributed by atoms with E-state index in [2.05, 4.69) is 15.9 Å². The maximum atomic E-state index is 13.7. The Morgan fingerprint density at radius 2 is 1.94 bits per heavy atom. The first kappa shape index (κ1) is 20.9. The predicted octanol–water partition coefficient (Wildman–Crippen LogP) is 3.43. The number of carbonyl (C=O) groups is 3. The second-order valence-electron chi connectivity index (χ2n) is 9.99. The van der Waals surface area contributed by atoms with Crippen LogP contribution in [0.3, 0.4) is 0 Å². The number of halogens is 1. The number of hydrogen-bond acceptors (Lipinski definition) is 5. The van der Waals surface area contributed by atoms with Gasteiger partial charge in [0, 0.05) is 22.2 Å². The van der Waals surface area contributed by atoms with E-state index in [1.807, 2.05) is 56.0 Å². The fourth-order valence-electron chi connectivity index (χ4n) is 5.52. The number of hydrogen-bond donors (Lipinski definition) is 0. The molecule has 0 spiro atoms. The highest BCUT2D eigenvalue weighted by molar-refractivity contribution is 9.10. The minimum absolute atomic E-state index is 0.00529. The molecule has 3 saturated heterocycles. The monoisotopic (exact) mass is 486 g/mol. The fraction of sp³-hybridized carbons (Fsp3) is 0.542. The highest BCUT2D eigenvalue weighted by Crippen LogP contribution is 2.50. The molecule has 0 saturated carbocycles. The fourth-order valence-corrected chi connectivity index (χ4v) is 5.90. The van der Waals surface area contributed by atoms with Gasteiger partial charge in [0.05, 0.1) is 30.5 Å². The Balaban J connectivity index is 1.58. The lowest BCUT2D eigenvalue weighted by atomic mass is 9.79. The number of carbonyl (C=O) groups excluding carboxylic acids is 3. The Kier molecular flexibility index (Phi) is 4.90. The minimum atomic E-state index is -0.662. The number of ether oxygens (including phenoxy) is 1. The lowest BCUT2D eigenvalue weighted by molar-refractivity contribution is -0.143. The molecule has 4 aliphatic heterocycles. The smallest absolute Gasteiger partial charge is 0.235 e. The first-order valence-electron chi connectivity index (χ1n) is 11.0. The Morgan fingerprint density at radius 3 is 2.61 bits per heavy atom. The number of fused-ring (bicyclic) bond motifs is 5. The molecule has 2 amide bonds. The molecular formula is C24H27BrN2O4. The molecule has 5 atom stereocenters. The number of imide groups is 1. The summed E-state index contributed by atoms with van der Waals surface area (Å²) in [5.41, 5.74) is 1.25. The molecule has 164 valence electrons. The third kappa shape index (κ3) is 3.20. The number of nitrogens with zero attached hydrogens (tertiary/aromatic N) is 2. The number of rotatable bonds is 3. The molecule has 4 aliphatic rings. The molecule has 1 aromatic rings. The van der Waals surface area contributed by atoms with Gasteiger partial charge in [0.2, 0.25) is 11.8 Å². The number of likely N-dealkylation sites (tertiary alicyclic amines) is 1. The van der Waals surface area contributed by atoms with Crippen LogP contribution in [0.2, 0.25) is 0 Å². The average Bonchev–Trinajstić information content (AvgIpc) is 3.40. The summed E-state index contributed by atoms with van der Waals surface area (Å²) < 4.78 is 6.63. The van der Waals surface area contributed by atoms with Crippen LogP contribution in [0.15, 0.2) is 28.7 Å². The third-order valence-electron chi connectivity index (χ3n) is 6.98. The van der Waals surface area contributed by atoms with Crippen LogP contribution in [0, 0.1) is 17.3 Å². The van der Waals surface area contributed by atoms with Crippen molar-refractivity contribution in [1.82, 2.24) is 4.90 Å². The molecule has 7 heteroatoms. The van der Waals surface area contributed by atoms with Gasteiger partial charge < -0.3 is 9.64 Å². The van der Waals surface area contributed by atoms with Gasteiger partial charge in [-0.3, -0.25) is 19.3 Å². The van der Waals surface area contributed by atoms with Gasteiger partial charge in [-0.15, -0.1) is 0 Å². The van der Waals surface area contributed by atoms with Gasteiger partial charge in [0.15, 0.2) is 5.78 Å². The van der Waals surface area contributed by atoms with E-state index in [1.54, 1.807) is 0 Å². The van der Waals surface area contributed by atoms with Gasteiger partial charge in [-0.1, -0.05) is 48.9 Å². The van der Waals surface area contributed by atoms with Crippen molar-refractivity contribution < 1.29 is 19.1 Å². The van der Waals surface area contributed by atoms with Crippen molar-refractivity contribution in [3.05, 3.63) is 34.3 Å². The van der Waals surface area contributed by atoms with E-state index in [-0.39, 0.29) is 29.7 Å². The first-order chi connectivity index (χ1) is 14.7. The van der Waals surface area contributed by atoms with Crippen LogP contribution in [0.4, 0.5) is 5.69 Å². The molecular weight excluding hydrogens is 460 g/mol. The predicted molar refractivity (Wildman–Crippen MR) is 120 cm³/mol. The molecule has 0 bridgehead atoms. The molecule has 1 aromatic carbocycles. The first-order valence-corrected chi connectivity index (χ1v) is 11.7. The molecule has 6 nitrogen and oxygen atoms in total. The van der Waals surface area contributed by atoms with E-state index in [9.17, 15) is 14.4 Å². The van der Waals surface area contributed by atoms with Crippen LogP contribution in [-0.2, 0) is 19.1 Å². The number of Topliss-reactive ketones (excluding diaryl/α,β-unsaturated/α-hetero) is 1. The van der Waals surface area contributed by atoms with Crippen molar-refractivity contribution in [1.29, 1.82) is 0 Å². The van der Waals surface area contributed by atoms with Crippen LogP contribution in [0.1, 0.15) is 39.2 Å². The Morgan fingerprint density at radius 1 is 1.19 bits per heavy atom. The standard InChI is InChI=1S/C24H27BrN2O4/c1-24(2,3)21(28)20-19-18(22(29)26(23(19)30)12-15-5-4-10-31-15)17-8-6-13-11-14(25)7-9-16(13)27(17)20/h6-9,11,15,17-20H,4-5,10,12H2,1-3H3/t15-,17+,18-,19+,20-/m0/s1. The minimum Gasteiger partial charge on any atom is -0.376 e. The van der Waals surface area contributed by atoms with Gasteiger partial charge in [-0.25, -0.2) is 0 Å². The summed E-state index contributed by atoms with van der Waals surface area (Å²) in [6.45, 7) is 6.60. The zero-order chi connectivity index (χ0) is 22.1. The summed E-state index contributed by atoms with van der Waals surface area (Å²) in [4.78, 5) is 44.1. The SMILES string of the molecule is CC(C)(C)C(=O)[C@@H]1[C@@H]2C(=O)N(C[C@@H]3CCCO3)C(=O)[C@H]2[C@H]2C=Cc3cc(Br)ccc3N21. The van der Waals surface area contributed by atoms with Crippen molar-refractivity contribution in [3.63, 3.8) is 0 Å². The Labute approximate surface area is 190 Å². The van der Waals surface area contributed by atoms with Crippen molar-refractivity contribution in [2.24, 2.45) is 17.3 Å². The lowest BCUT2D eigenvalue weighted by Gasteiger charge is -2.38. The lowest BCUT2D eigenvalue weighted by Crippen LogP contribution is -2.52. The van der Waals surface area contributed by atoms with Crippen LogP contribution in [0.25, 0.3) is 6.08 Å². The van der Waals surface area contributed by atoms with Crippen molar-refractivity contribution in [3.8, 4) is 0 Å². The third-order valence-corrected chi connectivity index (χ3v) is 7.47. The summed E-state index contributed by atoms with van der Waals surface area (Å²) in [5, 5.41) is 0. The number of ketones is 1. The van der Waals surface area contributed by atoms with Gasteiger partial charge >= 0.3 is 0 Å². The zero-order valence-corrected chi connectivity index (χ0v) is 19.6.